The Balaban J connectivity index is 1.49. The van der Waals surface area contributed by atoms with Gasteiger partial charge in [0.2, 0.25) is 0 Å². The summed E-state index contributed by atoms with van der Waals surface area (Å²) in [6, 6.07) is 0. The zero-order valence-corrected chi connectivity index (χ0v) is 18.3. The van der Waals surface area contributed by atoms with Crippen molar-refractivity contribution in [3.05, 3.63) is 11.6 Å². The molecule has 0 N–H and O–H groups in total. The van der Waals surface area contributed by atoms with Crippen LogP contribution < -0.4 is 0 Å². The summed E-state index contributed by atoms with van der Waals surface area (Å²) in [5, 5.41) is 0. The van der Waals surface area contributed by atoms with Gasteiger partial charge in [-0.2, -0.15) is 0 Å². The molecule has 0 radical (unpaired) electrons. The minimum absolute atomic E-state index is 0.161. The SMILES string of the molecule is CC(=O)OCCC1CC[C@@]2(C)C(=CC[C@H]3[C@@H]4CC[C@H](C(C)=O)[C@@]4(C)CC[C@@H]32)C1. The van der Waals surface area contributed by atoms with Crippen LogP contribution >= 0.6 is 0 Å². The van der Waals surface area contributed by atoms with Crippen LogP contribution in [0, 0.1) is 40.4 Å². The number of hydrogen-bond acceptors (Lipinski definition) is 3. The van der Waals surface area contributed by atoms with Crippen LogP contribution in [0.2, 0.25) is 0 Å². The van der Waals surface area contributed by atoms with E-state index in [1.54, 1.807) is 5.57 Å². The van der Waals surface area contributed by atoms with E-state index in [1.807, 2.05) is 6.92 Å². The molecule has 3 heteroatoms. The molecule has 0 aliphatic heterocycles. The summed E-state index contributed by atoms with van der Waals surface area (Å²) in [4.78, 5) is 23.3. The Morgan fingerprint density at radius 1 is 1.07 bits per heavy atom. The van der Waals surface area contributed by atoms with Crippen LogP contribution in [0.5, 0.6) is 0 Å². The zero-order valence-electron chi connectivity index (χ0n) is 18.3. The van der Waals surface area contributed by atoms with Crippen molar-refractivity contribution in [3.63, 3.8) is 0 Å². The van der Waals surface area contributed by atoms with Crippen molar-refractivity contribution in [3.8, 4) is 0 Å². The molecule has 0 aromatic heterocycles. The van der Waals surface area contributed by atoms with Crippen molar-refractivity contribution in [1.29, 1.82) is 0 Å². The number of carbonyl (C=O) groups excluding carboxylic acids is 2. The first kappa shape index (κ1) is 20.2. The second-order valence-electron chi connectivity index (χ2n) is 10.8. The molecule has 3 nitrogen and oxygen atoms in total. The first-order valence-electron chi connectivity index (χ1n) is 11.6. The molecule has 1 unspecified atom stereocenters. The van der Waals surface area contributed by atoms with Crippen LogP contribution in [0.25, 0.3) is 0 Å². The topological polar surface area (TPSA) is 43.4 Å². The Hall–Kier alpha value is -1.12. The number of ether oxygens (including phenoxy) is 1. The second-order valence-corrected chi connectivity index (χ2v) is 10.8. The van der Waals surface area contributed by atoms with Gasteiger partial charge >= 0.3 is 5.97 Å². The van der Waals surface area contributed by atoms with E-state index >= 15 is 0 Å². The average molecular weight is 387 g/mol. The van der Waals surface area contributed by atoms with Gasteiger partial charge in [0.05, 0.1) is 6.61 Å². The minimum atomic E-state index is -0.161. The molecule has 156 valence electrons. The molecule has 0 heterocycles. The minimum Gasteiger partial charge on any atom is -0.466 e. The molecule has 0 spiro atoms. The van der Waals surface area contributed by atoms with Gasteiger partial charge in [0, 0.05) is 12.8 Å². The summed E-state index contributed by atoms with van der Waals surface area (Å²) in [6.07, 6.45) is 13.5. The maximum absolute atomic E-state index is 12.3. The van der Waals surface area contributed by atoms with Gasteiger partial charge in [-0.15, -0.1) is 0 Å². The number of esters is 1. The molecule has 0 aromatic rings. The van der Waals surface area contributed by atoms with E-state index < -0.39 is 0 Å². The predicted octanol–water partition coefficient (Wildman–Crippen LogP) is 5.72. The summed E-state index contributed by atoms with van der Waals surface area (Å²) < 4.78 is 5.19. The highest BCUT2D eigenvalue weighted by Gasteiger charge is 2.59. The standard InChI is InChI=1S/C25H38O3/c1-16(26)21-7-8-22-20-6-5-19-15-18(11-14-28-17(2)27)9-12-24(19,3)23(20)10-13-25(21,22)4/h5,18,20-23H,6-15H2,1-4H3/t18?,20-,21+,22-,23-,24-,25+/m0/s1. The normalized spacial score (nSPS) is 44.7. The van der Waals surface area contributed by atoms with Crippen molar-refractivity contribution in [1.82, 2.24) is 0 Å². The number of Topliss-reactive ketones (excluding diaryl/α,β-unsaturated/α-hetero) is 1. The van der Waals surface area contributed by atoms with E-state index in [0.29, 0.717) is 29.6 Å². The monoisotopic (exact) mass is 386 g/mol. The lowest BCUT2D eigenvalue weighted by Crippen LogP contribution is -2.50. The fourth-order valence-electron chi connectivity index (χ4n) is 8.02. The molecule has 3 fully saturated rings. The summed E-state index contributed by atoms with van der Waals surface area (Å²) in [7, 11) is 0. The first-order chi connectivity index (χ1) is 13.3. The van der Waals surface area contributed by atoms with Crippen molar-refractivity contribution < 1.29 is 14.3 Å². The van der Waals surface area contributed by atoms with Crippen LogP contribution in [-0.4, -0.2) is 18.4 Å². The molecule has 28 heavy (non-hydrogen) atoms. The fourth-order valence-corrected chi connectivity index (χ4v) is 8.02. The quantitative estimate of drug-likeness (QED) is 0.458. The van der Waals surface area contributed by atoms with Crippen molar-refractivity contribution >= 4 is 11.8 Å². The lowest BCUT2D eigenvalue weighted by molar-refractivity contribution is -0.141. The van der Waals surface area contributed by atoms with Gasteiger partial charge in [0.25, 0.3) is 0 Å². The lowest BCUT2D eigenvalue weighted by atomic mass is 9.47. The molecule has 0 aromatic carbocycles. The molecule has 3 saturated carbocycles. The van der Waals surface area contributed by atoms with E-state index in [9.17, 15) is 9.59 Å². The van der Waals surface area contributed by atoms with Crippen molar-refractivity contribution in [2.24, 2.45) is 40.4 Å². The molecule has 7 atom stereocenters. The second kappa shape index (κ2) is 7.29. The van der Waals surface area contributed by atoms with E-state index in [1.165, 1.54) is 51.9 Å². The summed E-state index contributed by atoms with van der Waals surface area (Å²) in [5.74, 6) is 3.53. The van der Waals surface area contributed by atoms with E-state index in [4.69, 9.17) is 4.74 Å². The van der Waals surface area contributed by atoms with Gasteiger partial charge in [-0.1, -0.05) is 25.5 Å². The van der Waals surface area contributed by atoms with Crippen molar-refractivity contribution in [2.45, 2.75) is 85.5 Å². The van der Waals surface area contributed by atoms with Gasteiger partial charge in [-0.25, -0.2) is 0 Å². The molecule has 0 bridgehead atoms. The average Bonchev–Trinajstić information content (AvgIpc) is 2.99. The number of rotatable bonds is 4. The predicted molar refractivity (Wildman–Crippen MR) is 111 cm³/mol. The van der Waals surface area contributed by atoms with Crippen LogP contribution in [-0.2, 0) is 14.3 Å². The van der Waals surface area contributed by atoms with Gasteiger partial charge in [-0.3, -0.25) is 9.59 Å². The van der Waals surface area contributed by atoms with Crippen LogP contribution in [0.4, 0.5) is 0 Å². The van der Waals surface area contributed by atoms with Gasteiger partial charge in [-0.05, 0) is 99.2 Å². The molecule has 4 aliphatic carbocycles. The van der Waals surface area contributed by atoms with Gasteiger partial charge < -0.3 is 4.74 Å². The van der Waals surface area contributed by atoms with E-state index in [0.717, 1.165) is 30.6 Å². The number of allylic oxidation sites excluding steroid dienone is 2. The maximum Gasteiger partial charge on any atom is 0.302 e. The van der Waals surface area contributed by atoms with Crippen LogP contribution in [0.15, 0.2) is 11.6 Å². The molecule has 0 amide bonds. The Labute approximate surface area is 170 Å². The smallest absolute Gasteiger partial charge is 0.302 e. The third-order valence-corrected chi connectivity index (χ3v) is 9.53. The zero-order chi connectivity index (χ0) is 20.1. The highest BCUT2D eigenvalue weighted by Crippen LogP contribution is 2.66. The van der Waals surface area contributed by atoms with Crippen molar-refractivity contribution in [2.75, 3.05) is 6.61 Å². The number of hydrogen-bond donors (Lipinski definition) is 0. The number of fused-ring (bicyclic) bond motifs is 5. The third kappa shape index (κ3) is 3.17. The highest BCUT2D eigenvalue weighted by atomic mass is 16.5. The van der Waals surface area contributed by atoms with Crippen LogP contribution in [0.3, 0.4) is 0 Å². The summed E-state index contributed by atoms with van der Waals surface area (Å²) in [6.45, 7) is 8.86. The van der Waals surface area contributed by atoms with E-state index in [2.05, 4.69) is 19.9 Å². The molecule has 4 aliphatic rings. The van der Waals surface area contributed by atoms with Gasteiger partial charge in [0.1, 0.15) is 5.78 Å². The molecule has 0 saturated heterocycles. The van der Waals surface area contributed by atoms with Gasteiger partial charge in [0.15, 0.2) is 0 Å². The Morgan fingerprint density at radius 2 is 1.86 bits per heavy atom. The third-order valence-electron chi connectivity index (χ3n) is 9.53. The molecular formula is C25H38O3. The maximum atomic E-state index is 12.3. The Kier molecular flexibility index (Phi) is 5.25. The Morgan fingerprint density at radius 3 is 2.57 bits per heavy atom. The highest BCUT2D eigenvalue weighted by molar-refractivity contribution is 5.79. The first-order valence-corrected chi connectivity index (χ1v) is 11.6. The number of ketones is 1. The molecular weight excluding hydrogens is 348 g/mol. The van der Waals surface area contributed by atoms with Crippen LogP contribution in [0.1, 0.15) is 85.5 Å². The summed E-state index contributed by atoms with van der Waals surface area (Å²) in [5.41, 5.74) is 2.30. The number of carbonyl (C=O) groups is 2. The lowest BCUT2D eigenvalue weighted by Gasteiger charge is -2.58. The van der Waals surface area contributed by atoms with E-state index in [-0.39, 0.29) is 11.4 Å². The fraction of sp³-hybridized carbons (Fsp3) is 0.840. The largest absolute Gasteiger partial charge is 0.466 e. The molecule has 4 rings (SSSR count). The Bertz CT molecular complexity index is 679. The summed E-state index contributed by atoms with van der Waals surface area (Å²) >= 11 is 0.